The molecule has 0 aliphatic heterocycles. The van der Waals surface area contributed by atoms with Crippen LogP contribution in [0.15, 0.2) is 28.7 Å². The molecule has 3 nitrogen and oxygen atoms in total. The lowest BCUT2D eigenvalue weighted by Gasteiger charge is -2.17. The van der Waals surface area contributed by atoms with Crippen LogP contribution in [0.4, 0.5) is 0 Å². The third-order valence-electron chi connectivity index (χ3n) is 1.82. The fourth-order valence-corrected chi connectivity index (χ4v) is 1.20. The van der Waals surface area contributed by atoms with Crippen LogP contribution in [0.25, 0.3) is 0 Å². The van der Waals surface area contributed by atoms with E-state index in [2.05, 4.69) is 15.9 Å². The van der Waals surface area contributed by atoms with Crippen LogP contribution >= 0.6 is 15.9 Å². The maximum atomic E-state index is 9.36. The van der Waals surface area contributed by atoms with Gasteiger partial charge in [0, 0.05) is 4.47 Å². The minimum atomic E-state index is -1.17. The second-order valence-electron chi connectivity index (χ2n) is 2.94. The summed E-state index contributed by atoms with van der Waals surface area (Å²) in [5.74, 6) is 0.535. The largest absolute Gasteiger partial charge is 0.462 e. The molecule has 0 spiro atoms. The van der Waals surface area contributed by atoms with Gasteiger partial charge in [-0.3, -0.25) is 0 Å². The minimum Gasteiger partial charge on any atom is -0.462 e. The van der Waals surface area contributed by atoms with Gasteiger partial charge in [-0.1, -0.05) is 22.9 Å². The van der Waals surface area contributed by atoms with Gasteiger partial charge >= 0.3 is 0 Å². The molecule has 1 rings (SSSR count). The van der Waals surface area contributed by atoms with E-state index in [0.29, 0.717) is 12.2 Å². The molecule has 14 heavy (non-hydrogen) atoms. The Labute approximate surface area is 91.5 Å². The van der Waals surface area contributed by atoms with E-state index in [-0.39, 0.29) is 0 Å². The third-order valence-corrected chi connectivity index (χ3v) is 2.35. The average molecular weight is 261 g/mol. The van der Waals surface area contributed by atoms with Crippen LogP contribution in [0.3, 0.4) is 0 Å². The van der Waals surface area contributed by atoms with Crippen molar-refractivity contribution in [3.63, 3.8) is 0 Å². The molecule has 0 fully saturated rings. The summed E-state index contributed by atoms with van der Waals surface area (Å²) in [5, 5.41) is 18.6. The monoisotopic (exact) mass is 260 g/mol. The van der Waals surface area contributed by atoms with E-state index in [1.54, 1.807) is 31.2 Å². The molecule has 0 heterocycles. The third kappa shape index (κ3) is 3.29. The van der Waals surface area contributed by atoms with Gasteiger partial charge in [0.2, 0.25) is 6.29 Å². The highest BCUT2D eigenvalue weighted by molar-refractivity contribution is 9.10. The number of halogens is 1. The Morgan fingerprint density at radius 1 is 1.29 bits per heavy atom. The Bertz CT molecular complexity index is 273. The first-order valence-corrected chi connectivity index (χ1v) is 5.21. The number of aliphatic hydroxyl groups excluding tert-OH is 2. The predicted octanol–water partition coefficient (Wildman–Crippen LogP) is 1.92. The zero-order chi connectivity index (χ0) is 10.6. The van der Waals surface area contributed by atoms with Crippen molar-refractivity contribution in [1.29, 1.82) is 0 Å². The smallest absolute Gasteiger partial charge is 0.223 e. The van der Waals surface area contributed by atoms with Crippen molar-refractivity contribution in [3.8, 4) is 5.75 Å². The van der Waals surface area contributed by atoms with Crippen LogP contribution < -0.4 is 4.74 Å². The van der Waals surface area contributed by atoms with E-state index in [0.717, 1.165) is 4.47 Å². The number of aliphatic hydroxyl groups is 2. The summed E-state index contributed by atoms with van der Waals surface area (Å²) in [6.07, 6.45) is -1.56. The van der Waals surface area contributed by atoms with Crippen LogP contribution in [-0.2, 0) is 0 Å². The van der Waals surface area contributed by atoms with Gasteiger partial charge in [-0.2, -0.15) is 0 Å². The highest BCUT2D eigenvalue weighted by Gasteiger charge is 2.15. The molecule has 0 saturated carbocycles. The lowest BCUT2D eigenvalue weighted by Crippen LogP contribution is -2.30. The van der Waals surface area contributed by atoms with Gasteiger partial charge in [-0.05, 0) is 30.7 Å². The van der Waals surface area contributed by atoms with Gasteiger partial charge in [0.15, 0.2) is 0 Å². The van der Waals surface area contributed by atoms with Crippen LogP contribution in [0.1, 0.15) is 13.3 Å². The molecule has 0 radical (unpaired) electrons. The van der Waals surface area contributed by atoms with Crippen molar-refractivity contribution in [2.45, 2.75) is 25.7 Å². The van der Waals surface area contributed by atoms with Gasteiger partial charge in [0.1, 0.15) is 11.9 Å². The summed E-state index contributed by atoms with van der Waals surface area (Å²) in [5.41, 5.74) is 0. The molecule has 0 bridgehead atoms. The normalized spacial score (nSPS) is 14.9. The molecule has 1 aromatic rings. The standard InChI is InChI=1S/C10H13BrO3/c1-2-9(12)10(13)14-8-5-3-7(11)4-6-8/h3-6,9-10,12-13H,2H2,1H3/t9?,10-/m0/s1. The van der Waals surface area contributed by atoms with Crippen molar-refractivity contribution in [2.24, 2.45) is 0 Å². The van der Waals surface area contributed by atoms with Crippen molar-refractivity contribution >= 4 is 15.9 Å². The summed E-state index contributed by atoms with van der Waals surface area (Å²) in [7, 11) is 0. The number of hydrogen-bond acceptors (Lipinski definition) is 3. The Balaban J connectivity index is 2.56. The van der Waals surface area contributed by atoms with Crippen LogP contribution in [-0.4, -0.2) is 22.6 Å². The minimum absolute atomic E-state index is 0.456. The number of hydrogen-bond donors (Lipinski definition) is 2. The maximum Gasteiger partial charge on any atom is 0.223 e. The molecule has 2 atom stereocenters. The van der Waals surface area contributed by atoms with Gasteiger partial charge in [0.05, 0.1) is 0 Å². The summed E-state index contributed by atoms with van der Waals surface area (Å²) in [6, 6.07) is 7.05. The molecular formula is C10H13BrO3. The van der Waals surface area contributed by atoms with E-state index < -0.39 is 12.4 Å². The summed E-state index contributed by atoms with van der Waals surface area (Å²) >= 11 is 3.29. The van der Waals surface area contributed by atoms with Crippen LogP contribution in [0.2, 0.25) is 0 Å². The fourth-order valence-electron chi connectivity index (χ4n) is 0.933. The lowest BCUT2D eigenvalue weighted by molar-refractivity contribution is -0.104. The molecular weight excluding hydrogens is 248 g/mol. The molecule has 0 amide bonds. The molecule has 78 valence electrons. The van der Waals surface area contributed by atoms with Gasteiger partial charge in [-0.15, -0.1) is 0 Å². The van der Waals surface area contributed by atoms with Crippen LogP contribution in [0.5, 0.6) is 5.75 Å². The molecule has 0 saturated heterocycles. The molecule has 1 aromatic carbocycles. The molecule has 2 N–H and O–H groups in total. The molecule has 0 aliphatic rings. The summed E-state index contributed by atoms with van der Waals surface area (Å²) in [6.45, 7) is 1.78. The van der Waals surface area contributed by atoms with E-state index in [9.17, 15) is 10.2 Å². The van der Waals surface area contributed by atoms with Gasteiger partial charge < -0.3 is 14.9 Å². The number of rotatable bonds is 4. The highest BCUT2D eigenvalue weighted by atomic mass is 79.9. The van der Waals surface area contributed by atoms with Crippen LogP contribution in [0, 0.1) is 0 Å². The van der Waals surface area contributed by atoms with Crippen molar-refractivity contribution in [3.05, 3.63) is 28.7 Å². The van der Waals surface area contributed by atoms with Crippen molar-refractivity contribution < 1.29 is 14.9 Å². The predicted molar refractivity (Wildman–Crippen MR) is 57.1 cm³/mol. The Morgan fingerprint density at radius 3 is 2.36 bits per heavy atom. The quantitative estimate of drug-likeness (QED) is 0.814. The average Bonchev–Trinajstić information content (AvgIpc) is 2.20. The zero-order valence-corrected chi connectivity index (χ0v) is 9.44. The maximum absolute atomic E-state index is 9.36. The molecule has 1 unspecified atom stereocenters. The van der Waals surface area contributed by atoms with E-state index in [1.807, 2.05) is 0 Å². The van der Waals surface area contributed by atoms with E-state index in [1.165, 1.54) is 0 Å². The first kappa shape index (κ1) is 11.5. The number of ether oxygens (including phenoxy) is 1. The Hall–Kier alpha value is -0.580. The van der Waals surface area contributed by atoms with Gasteiger partial charge in [-0.25, -0.2) is 0 Å². The lowest BCUT2D eigenvalue weighted by atomic mass is 10.3. The van der Waals surface area contributed by atoms with E-state index in [4.69, 9.17) is 4.74 Å². The molecule has 0 aliphatic carbocycles. The second kappa shape index (κ2) is 5.34. The van der Waals surface area contributed by atoms with E-state index >= 15 is 0 Å². The Kier molecular flexibility index (Phi) is 4.38. The first-order valence-electron chi connectivity index (χ1n) is 4.42. The molecule has 4 heteroatoms. The zero-order valence-electron chi connectivity index (χ0n) is 7.85. The molecule has 0 aromatic heterocycles. The SMILES string of the molecule is CCC(O)[C@@H](O)Oc1ccc(Br)cc1. The van der Waals surface area contributed by atoms with Gasteiger partial charge in [0.25, 0.3) is 0 Å². The first-order chi connectivity index (χ1) is 6.63. The van der Waals surface area contributed by atoms with Crippen molar-refractivity contribution in [2.75, 3.05) is 0 Å². The second-order valence-corrected chi connectivity index (χ2v) is 3.85. The fraction of sp³-hybridized carbons (Fsp3) is 0.400. The summed E-state index contributed by atoms with van der Waals surface area (Å²) < 4.78 is 6.05. The summed E-state index contributed by atoms with van der Waals surface area (Å²) in [4.78, 5) is 0. The Morgan fingerprint density at radius 2 is 1.86 bits per heavy atom. The number of benzene rings is 1. The topological polar surface area (TPSA) is 49.7 Å². The van der Waals surface area contributed by atoms with Crippen molar-refractivity contribution in [1.82, 2.24) is 0 Å². The highest BCUT2D eigenvalue weighted by Crippen LogP contribution is 2.17.